The van der Waals surface area contributed by atoms with Crippen molar-refractivity contribution in [2.75, 3.05) is 5.32 Å². The molecule has 4 aliphatic carbocycles. The fourth-order valence-corrected chi connectivity index (χ4v) is 5.98. The van der Waals surface area contributed by atoms with Gasteiger partial charge in [0.1, 0.15) is 11.2 Å². The van der Waals surface area contributed by atoms with Crippen LogP contribution in [0.3, 0.4) is 0 Å². The number of ether oxygens (including phenoxy) is 1. The molecule has 2 atom stereocenters. The largest absolute Gasteiger partial charge is 0.459 e. The van der Waals surface area contributed by atoms with Gasteiger partial charge in [0, 0.05) is 23.8 Å². The second-order valence-electron chi connectivity index (χ2n) is 9.11. The van der Waals surface area contributed by atoms with Gasteiger partial charge in [-0.25, -0.2) is 9.78 Å². The van der Waals surface area contributed by atoms with Crippen molar-refractivity contribution >= 4 is 22.7 Å². The maximum Gasteiger partial charge on any atom is 0.342 e. The summed E-state index contributed by atoms with van der Waals surface area (Å²) in [5.74, 6) is 1.22. The fourth-order valence-electron chi connectivity index (χ4n) is 5.98. The molecule has 4 bridgehead atoms. The summed E-state index contributed by atoms with van der Waals surface area (Å²) >= 11 is 0. The molecule has 0 amide bonds. The first-order valence-corrected chi connectivity index (χ1v) is 10.1. The van der Waals surface area contributed by atoms with Gasteiger partial charge < -0.3 is 20.1 Å². The van der Waals surface area contributed by atoms with E-state index in [1.54, 1.807) is 6.20 Å². The molecule has 27 heavy (non-hydrogen) atoms. The number of aromatic nitrogens is 2. The molecule has 6 rings (SSSR count). The van der Waals surface area contributed by atoms with Crippen molar-refractivity contribution in [2.45, 2.75) is 63.7 Å². The van der Waals surface area contributed by atoms with Crippen molar-refractivity contribution < 1.29 is 14.6 Å². The van der Waals surface area contributed by atoms with Crippen LogP contribution in [0.2, 0.25) is 0 Å². The van der Waals surface area contributed by atoms with Crippen LogP contribution in [0.4, 0.5) is 5.69 Å². The Hall–Kier alpha value is -2.08. The topological polar surface area (TPSA) is 87.2 Å². The number of fused-ring (bicyclic) bond motifs is 1. The van der Waals surface area contributed by atoms with Crippen molar-refractivity contribution in [3.8, 4) is 0 Å². The molecule has 2 aromatic heterocycles. The summed E-state index contributed by atoms with van der Waals surface area (Å²) in [7, 11) is 0. The number of hydrogen-bond donors (Lipinski definition) is 3. The van der Waals surface area contributed by atoms with Crippen LogP contribution in [0.25, 0.3) is 11.0 Å². The van der Waals surface area contributed by atoms with Crippen LogP contribution in [0, 0.1) is 17.8 Å². The predicted octanol–water partition coefficient (Wildman–Crippen LogP) is 3.48. The van der Waals surface area contributed by atoms with Gasteiger partial charge in [0.25, 0.3) is 0 Å². The molecule has 144 valence electrons. The van der Waals surface area contributed by atoms with Crippen molar-refractivity contribution in [3.63, 3.8) is 0 Å². The van der Waals surface area contributed by atoms with E-state index in [1.165, 1.54) is 12.8 Å². The van der Waals surface area contributed by atoms with Gasteiger partial charge in [0.2, 0.25) is 0 Å². The lowest BCUT2D eigenvalue weighted by atomic mass is 9.52. The highest BCUT2D eigenvalue weighted by molar-refractivity contribution is 6.04. The van der Waals surface area contributed by atoms with Crippen molar-refractivity contribution in [3.05, 3.63) is 24.0 Å². The number of anilines is 1. The quantitative estimate of drug-likeness (QED) is 0.718. The van der Waals surface area contributed by atoms with Gasteiger partial charge in [0.05, 0.1) is 17.4 Å². The Labute approximate surface area is 158 Å². The number of nitrogens with one attached hydrogen (secondary N) is 2. The SMILES string of the molecule is CC(C)OC(=O)c1cnc2[nH]ccc2c1NC1C2CC3CC1CC(O)(C3)C2. The average molecular weight is 369 g/mol. The Bertz CT molecular complexity index is 874. The van der Waals surface area contributed by atoms with Gasteiger partial charge >= 0.3 is 5.97 Å². The Morgan fingerprint density at radius 3 is 2.74 bits per heavy atom. The molecular weight excluding hydrogens is 342 g/mol. The van der Waals surface area contributed by atoms with Crippen LogP contribution >= 0.6 is 0 Å². The third-order valence-electron chi connectivity index (χ3n) is 6.70. The lowest BCUT2D eigenvalue weighted by Crippen LogP contribution is -2.59. The zero-order valence-electron chi connectivity index (χ0n) is 15.9. The number of rotatable bonds is 4. The van der Waals surface area contributed by atoms with Crippen molar-refractivity contribution in [1.29, 1.82) is 0 Å². The Morgan fingerprint density at radius 1 is 1.33 bits per heavy atom. The fraction of sp³-hybridized carbons (Fsp3) is 0.619. The van der Waals surface area contributed by atoms with Gasteiger partial charge in [-0.1, -0.05) is 0 Å². The first-order chi connectivity index (χ1) is 12.9. The Kier molecular flexibility index (Phi) is 3.76. The van der Waals surface area contributed by atoms with E-state index in [4.69, 9.17) is 4.74 Å². The highest BCUT2D eigenvalue weighted by Gasteiger charge is 2.54. The second kappa shape index (κ2) is 5.96. The standard InChI is InChI=1S/C21H27N3O3/c1-11(2)27-20(25)16-10-23-19-15(3-4-22-19)18(16)24-17-13-5-12-6-14(17)9-21(26,7-12)8-13/h3-4,10-14,17,26H,5-9H2,1-2H3,(H2,22,23,24). The summed E-state index contributed by atoms with van der Waals surface area (Å²) in [4.78, 5) is 20.2. The lowest BCUT2D eigenvalue weighted by Gasteiger charge is -2.58. The predicted molar refractivity (Wildman–Crippen MR) is 103 cm³/mol. The molecule has 6 nitrogen and oxygen atoms in total. The van der Waals surface area contributed by atoms with E-state index in [2.05, 4.69) is 15.3 Å². The summed E-state index contributed by atoms with van der Waals surface area (Å²) in [5.41, 5.74) is 1.61. The molecule has 0 aliphatic heterocycles. The zero-order valence-corrected chi connectivity index (χ0v) is 15.9. The molecule has 4 aliphatic rings. The zero-order chi connectivity index (χ0) is 18.8. The average Bonchev–Trinajstić information content (AvgIpc) is 3.04. The molecule has 2 heterocycles. The highest BCUT2D eigenvalue weighted by atomic mass is 16.5. The number of aliphatic hydroxyl groups is 1. The van der Waals surface area contributed by atoms with E-state index in [-0.39, 0.29) is 18.1 Å². The first-order valence-electron chi connectivity index (χ1n) is 10.1. The summed E-state index contributed by atoms with van der Waals surface area (Å²) in [6, 6.07) is 2.24. The molecule has 4 saturated carbocycles. The molecule has 2 unspecified atom stereocenters. The lowest BCUT2D eigenvalue weighted by molar-refractivity contribution is -0.129. The summed E-state index contributed by atoms with van der Waals surface area (Å²) < 4.78 is 5.46. The number of esters is 1. The highest BCUT2D eigenvalue weighted by Crippen LogP contribution is 2.56. The van der Waals surface area contributed by atoms with Gasteiger partial charge in [0.15, 0.2) is 0 Å². The molecule has 2 aromatic rings. The minimum Gasteiger partial charge on any atom is -0.459 e. The monoisotopic (exact) mass is 369 g/mol. The van der Waals surface area contributed by atoms with Crippen molar-refractivity contribution in [1.82, 2.24) is 9.97 Å². The van der Waals surface area contributed by atoms with Gasteiger partial charge in [-0.05, 0) is 69.8 Å². The van der Waals surface area contributed by atoms with Crippen LogP contribution in [-0.4, -0.2) is 38.8 Å². The van der Waals surface area contributed by atoms with E-state index >= 15 is 0 Å². The number of H-pyrrole nitrogens is 1. The molecule has 3 N–H and O–H groups in total. The summed E-state index contributed by atoms with van der Waals surface area (Å²) in [6.45, 7) is 3.71. The van der Waals surface area contributed by atoms with Crippen LogP contribution in [0.15, 0.2) is 18.5 Å². The second-order valence-corrected chi connectivity index (χ2v) is 9.11. The summed E-state index contributed by atoms with van der Waals surface area (Å²) in [5, 5.41) is 15.5. The van der Waals surface area contributed by atoms with Crippen LogP contribution in [-0.2, 0) is 4.74 Å². The maximum absolute atomic E-state index is 12.7. The molecule has 0 radical (unpaired) electrons. The summed E-state index contributed by atoms with van der Waals surface area (Å²) in [6.07, 6.45) is 8.32. The third-order valence-corrected chi connectivity index (χ3v) is 6.70. The van der Waals surface area contributed by atoms with Gasteiger partial charge in [-0.2, -0.15) is 0 Å². The van der Waals surface area contributed by atoms with Crippen LogP contribution in [0.5, 0.6) is 0 Å². The number of nitrogens with zero attached hydrogens (tertiary/aromatic N) is 1. The van der Waals surface area contributed by atoms with Gasteiger partial charge in [-0.3, -0.25) is 0 Å². The van der Waals surface area contributed by atoms with Crippen LogP contribution < -0.4 is 5.32 Å². The molecule has 0 saturated heterocycles. The third kappa shape index (κ3) is 2.81. The minimum atomic E-state index is -0.463. The van der Waals surface area contributed by atoms with Gasteiger partial charge in [-0.15, -0.1) is 0 Å². The molecule has 4 fully saturated rings. The molecule has 0 aromatic carbocycles. The van der Waals surface area contributed by atoms with Crippen molar-refractivity contribution in [2.24, 2.45) is 17.8 Å². The van der Waals surface area contributed by atoms with E-state index in [9.17, 15) is 9.90 Å². The number of hydrogen-bond acceptors (Lipinski definition) is 5. The van der Waals surface area contributed by atoms with E-state index in [1.807, 2.05) is 26.1 Å². The Balaban J connectivity index is 1.51. The molecule has 6 heteroatoms. The normalized spacial score (nSPS) is 34.4. The number of pyridine rings is 1. The maximum atomic E-state index is 12.7. The minimum absolute atomic E-state index is 0.178. The van der Waals surface area contributed by atoms with E-state index in [0.717, 1.165) is 36.0 Å². The first kappa shape index (κ1) is 17.0. The number of carbonyl (C=O) groups is 1. The molecule has 0 spiro atoms. The number of carbonyl (C=O) groups excluding carboxylic acids is 1. The number of aromatic amines is 1. The van der Waals surface area contributed by atoms with E-state index in [0.29, 0.717) is 23.3 Å². The smallest absolute Gasteiger partial charge is 0.342 e. The molecular formula is C21H27N3O3. The van der Waals surface area contributed by atoms with E-state index < -0.39 is 5.60 Å². The Morgan fingerprint density at radius 2 is 2.07 bits per heavy atom. The van der Waals surface area contributed by atoms with Crippen LogP contribution in [0.1, 0.15) is 56.3 Å².